The molecule has 0 bridgehead atoms. The van der Waals surface area contributed by atoms with E-state index in [2.05, 4.69) is 39.8 Å². The average Bonchev–Trinajstić information content (AvgIpc) is 2.82. The summed E-state index contributed by atoms with van der Waals surface area (Å²) in [6.07, 6.45) is 2.16. The molecule has 0 aliphatic heterocycles. The van der Waals surface area contributed by atoms with Gasteiger partial charge in [0.25, 0.3) is 5.91 Å². The first-order valence-electron chi connectivity index (χ1n) is 11.0. The highest BCUT2D eigenvalue weighted by molar-refractivity contribution is 5.97. The Kier molecular flexibility index (Phi) is 8.44. The van der Waals surface area contributed by atoms with Crippen molar-refractivity contribution in [3.8, 4) is 0 Å². The van der Waals surface area contributed by atoms with Gasteiger partial charge in [0, 0.05) is 38.3 Å². The van der Waals surface area contributed by atoms with Gasteiger partial charge in [-0.15, -0.1) is 0 Å². The molecule has 5 heteroatoms. The molecule has 0 radical (unpaired) electrons. The van der Waals surface area contributed by atoms with E-state index in [0.29, 0.717) is 18.5 Å². The van der Waals surface area contributed by atoms with Crippen LogP contribution in [0.3, 0.4) is 0 Å². The first kappa shape index (κ1) is 23.1. The van der Waals surface area contributed by atoms with Gasteiger partial charge < -0.3 is 15.5 Å². The maximum atomic E-state index is 12.9. The van der Waals surface area contributed by atoms with Gasteiger partial charge in [0.15, 0.2) is 0 Å². The van der Waals surface area contributed by atoms with E-state index in [1.807, 2.05) is 62.6 Å². The lowest BCUT2D eigenvalue weighted by Crippen LogP contribution is -2.48. The molecule has 0 spiro atoms. The summed E-state index contributed by atoms with van der Waals surface area (Å²) >= 11 is 0. The van der Waals surface area contributed by atoms with Crippen LogP contribution in [0.15, 0.2) is 84.9 Å². The lowest BCUT2D eigenvalue weighted by Gasteiger charge is -2.19. The van der Waals surface area contributed by atoms with Gasteiger partial charge in [-0.1, -0.05) is 60.7 Å². The van der Waals surface area contributed by atoms with Crippen molar-refractivity contribution in [2.24, 2.45) is 0 Å². The lowest BCUT2D eigenvalue weighted by atomic mass is 10.0. The molecular formula is C27H31N3O2. The Labute approximate surface area is 190 Å². The smallest absolute Gasteiger partial charge is 0.251 e. The minimum Gasteiger partial charge on any atom is -0.378 e. The van der Waals surface area contributed by atoms with Crippen LogP contribution in [0.2, 0.25) is 0 Å². The Morgan fingerprint density at radius 1 is 0.812 bits per heavy atom. The van der Waals surface area contributed by atoms with E-state index in [-0.39, 0.29) is 11.8 Å². The van der Waals surface area contributed by atoms with Gasteiger partial charge in [-0.25, -0.2) is 0 Å². The number of nitrogens with zero attached hydrogens (tertiary/aromatic N) is 1. The molecule has 0 aliphatic carbocycles. The molecule has 5 nitrogen and oxygen atoms in total. The highest BCUT2D eigenvalue weighted by atomic mass is 16.2. The monoisotopic (exact) mass is 429 g/mol. The molecular weight excluding hydrogens is 398 g/mol. The number of carbonyl (C=O) groups is 2. The molecule has 0 saturated carbocycles. The van der Waals surface area contributed by atoms with Gasteiger partial charge >= 0.3 is 0 Å². The second kappa shape index (κ2) is 11.7. The van der Waals surface area contributed by atoms with E-state index < -0.39 is 6.04 Å². The van der Waals surface area contributed by atoms with Gasteiger partial charge in [-0.2, -0.15) is 0 Å². The maximum absolute atomic E-state index is 12.9. The standard InChI is InChI=1S/C27H31N3O2/c1-30(2)24-17-15-21(16-18-24)12-9-19-28-27(32)25(20-22-10-5-3-6-11-22)29-26(31)23-13-7-4-8-14-23/h3-8,10-11,13-18,25H,9,12,19-20H2,1-2H3,(H,28,32)(H,29,31). The summed E-state index contributed by atoms with van der Waals surface area (Å²) in [6, 6.07) is 26.5. The third kappa shape index (κ3) is 6.98. The highest BCUT2D eigenvalue weighted by Crippen LogP contribution is 2.13. The average molecular weight is 430 g/mol. The van der Waals surface area contributed by atoms with E-state index in [1.54, 1.807) is 12.1 Å². The Morgan fingerprint density at radius 2 is 1.44 bits per heavy atom. The second-order valence-electron chi connectivity index (χ2n) is 8.04. The predicted molar refractivity (Wildman–Crippen MR) is 130 cm³/mol. The first-order valence-corrected chi connectivity index (χ1v) is 11.0. The predicted octanol–water partition coefficient (Wildman–Crippen LogP) is 3.84. The Hall–Kier alpha value is -3.60. The van der Waals surface area contributed by atoms with Crippen molar-refractivity contribution in [2.45, 2.75) is 25.3 Å². The molecule has 166 valence electrons. The van der Waals surface area contributed by atoms with Crippen molar-refractivity contribution in [1.29, 1.82) is 0 Å². The molecule has 1 unspecified atom stereocenters. The molecule has 2 N–H and O–H groups in total. The topological polar surface area (TPSA) is 61.4 Å². The number of amides is 2. The molecule has 0 heterocycles. The Morgan fingerprint density at radius 3 is 2.06 bits per heavy atom. The third-order valence-electron chi connectivity index (χ3n) is 5.33. The highest BCUT2D eigenvalue weighted by Gasteiger charge is 2.21. The molecule has 0 saturated heterocycles. The fraction of sp³-hybridized carbons (Fsp3) is 0.259. The van der Waals surface area contributed by atoms with Crippen LogP contribution >= 0.6 is 0 Å². The van der Waals surface area contributed by atoms with Crippen LogP contribution < -0.4 is 15.5 Å². The van der Waals surface area contributed by atoms with Crippen LogP contribution in [0.1, 0.15) is 27.9 Å². The van der Waals surface area contributed by atoms with Crippen LogP contribution in [0.4, 0.5) is 5.69 Å². The number of nitrogens with one attached hydrogen (secondary N) is 2. The first-order chi connectivity index (χ1) is 15.5. The van der Waals surface area contributed by atoms with Gasteiger partial charge in [0.05, 0.1) is 0 Å². The van der Waals surface area contributed by atoms with Crippen molar-refractivity contribution in [3.05, 3.63) is 102 Å². The van der Waals surface area contributed by atoms with E-state index in [4.69, 9.17) is 0 Å². The lowest BCUT2D eigenvalue weighted by molar-refractivity contribution is -0.122. The number of rotatable bonds is 10. The molecule has 0 fully saturated rings. The van der Waals surface area contributed by atoms with Crippen molar-refractivity contribution in [3.63, 3.8) is 0 Å². The fourth-order valence-electron chi connectivity index (χ4n) is 3.48. The Bertz CT molecular complexity index is 986. The SMILES string of the molecule is CN(C)c1ccc(CCCNC(=O)C(Cc2ccccc2)NC(=O)c2ccccc2)cc1. The van der Waals surface area contributed by atoms with Gasteiger partial charge in [-0.05, 0) is 48.2 Å². The van der Waals surface area contributed by atoms with Crippen molar-refractivity contribution in [2.75, 3.05) is 25.5 Å². The minimum atomic E-state index is -0.635. The van der Waals surface area contributed by atoms with Crippen LogP contribution in [0.5, 0.6) is 0 Å². The quantitative estimate of drug-likeness (QED) is 0.482. The molecule has 32 heavy (non-hydrogen) atoms. The van der Waals surface area contributed by atoms with E-state index in [0.717, 1.165) is 18.4 Å². The third-order valence-corrected chi connectivity index (χ3v) is 5.33. The van der Waals surface area contributed by atoms with E-state index >= 15 is 0 Å². The molecule has 0 aromatic heterocycles. The van der Waals surface area contributed by atoms with Gasteiger partial charge in [-0.3, -0.25) is 9.59 Å². The molecule has 3 aromatic rings. The summed E-state index contributed by atoms with van der Waals surface area (Å²) in [7, 11) is 4.04. The zero-order valence-corrected chi connectivity index (χ0v) is 18.8. The van der Waals surface area contributed by atoms with Crippen LogP contribution in [-0.4, -0.2) is 38.5 Å². The van der Waals surface area contributed by atoms with Gasteiger partial charge in [0.1, 0.15) is 6.04 Å². The summed E-state index contributed by atoms with van der Waals surface area (Å²) < 4.78 is 0. The van der Waals surface area contributed by atoms with Crippen LogP contribution in [0, 0.1) is 0 Å². The van der Waals surface area contributed by atoms with Gasteiger partial charge in [0.2, 0.25) is 5.91 Å². The minimum absolute atomic E-state index is 0.166. The zero-order valence-electron chi connectivity index (χ0n) is 18.8. The van der Waals surface area contributed by atoms with E-state index in [1.165, 1.54) is 11.3 Å². The maximum Gasteiger partial charge on any atom is 0.251 e. The number of benzene rings is 3. The normalized spacial score (nSPS) is 11.4. The van der Waals surface area contributed by atoms with Crippen molar-refractivity contribution >= 4 is 17.5 Å². The van der Waals surface area contributed by atoms with Crippen molar-refractivity contribution < 1.29 is 9.59 Å². The molecule has 3 aromatic carbocycles. The molecule has 0 aliphatic rings. The molecule has 3 rings (SSSR count). The molecule has 1 atom stereocenters. The second-order valence-corrected chi connectivity index (χ2v) is 8.04. The summed E-state index contributed by atoms with van der Waals surface area (Å²) in [4.78, 5) is 27.6. The number of hydrogen-bond acceptors (Lipinski definition) is 3. The van der Waals surface area contributed by atoms with Crippen LogP contribution in [0.25, 0.3) is 0 Å². The fourth-order valence-corrected chi connectivity index (χ4v) is 3.48. The van der Waals surface area contributed by atoms with Crippen LogP contribution in [-0.2, 0) is 17.6 Å². The summed E-state index contributed by atoms with van der Waals surface area (Å²) in [5, 5.41) is 5.90. The largest absolute Gasteiger partial charge is 0.378 e. The van der Waals surface area contributed by atoms with Crippen molar-refractivity contribution in [1.82, 2.24) is 10.6 Å². The summed E-state index contributed by atoms with van der Waals surface area (Å²) in [5.41, 5.74) is 3.95. The molecule has 2 amide bonds. The number of hydrogen-bond donors (Lipinski definition) is 2. The zero-order chi connectivity index (χ0) is 22.8. The Balaban J connectivity index is 1.55. The summed E-state index contributed by atoms with van der Waals surface area (Å²) in [6.45, 7) is 0.556. The number of aryl methyl sites for hydroxylation is 1. The summed E-state index contributed by atoms with van der Waals surface area (Å²) in [5.74, 6) is -0.413. The number of carbonyl (C=O) groups excluding carboxylic acids is 2. The van der Waals surface area contributed by atoms with E-state index in [9.17, 15) is 9.59 Å². The number of anilines is 1.